The van der Waals surface area contributed by atoms with Crippen LogP contribution in [0.3, 0.4) is 0 Å². The molecule has 0 saturated heterocycles. The number of hydrogen-bond acceptors (Lipinski definition) is 3. The normalized spacial score (nSPS) is 12.2. The molecule has 0 saturated carbocycles. The van der Waals surface area contributed by atoms with Gasteiger partial charge in [-0.15, -0.1) is 0 Å². The second-order valence-corrected chi connectivity index (χ2v) is 8.81. The Bertz CT molecular complexity index is 1130. The fourth-order valence-electron chi connectivity index (χ4n) is 2.98. The molecule has 0 heterocycles. The molecular formula is C22H21ClN2O3S. The second-order valence-electron chi connectivity index (χ2n) is 6.69. The Morgan fingerprint density at radius 1 is 0.966 bits per heavy atom. The standard InChI is InChI=1S/C22H21ClN2O3S/c1-15-6-3-4-9-21(15)16(2)24-22(26)17-7-5-8-19(14-17)25-29(27,28)20-12-10-18(23)11-13-20/h3-14,16,25H,1-2H3,(H,24,26). The SMILES string of the molecule is Cc1ccccc1C(C)NC(=O)c1cccc(NS(=O)(=O)c2ccc(Cl)cc2)c1. The number of anilines is 1. The lowest BCUT2D eigenvalue weighted by atomic mass is 10.0. The van der Waals surface area contributed by atoms with Crippen molar-refractivity contribution in [3.8, 4) is 0 Å². The first kappa shape index (κ1) is 20.9. The van der Waals surface area contributed by atoms with Gasteiger partial charge in [-0.25, -0.2) is 8.42 Å². The molecule has 0 radical (unpaired) electrons. The number of carbonyl (C=O) groups is 1. The van der Waals surface area contributed by atoms with Gasteiger partial charge in [-0.1, -0.05) is 41.9 Å². The van der Waals surface area contributed by atoms with E-state index in [0.29, 0.717) is 16.3 Å². The molecule has 0 aliphatic rings. The zero-order valence-corrected chi connectivity index (χ0v) is 17.6. The molecule has 2 N–H and O–H groups in total. The topological polar surface area (TPSA) is 75.3 Å². The molecule has 0 fully saturated rings. The van der Waals surface area contributed by atoms with Crippen molar-refractivity contribution in [2.24, 2.45) is 0 Å². The summed E-state index contributed by atoms with van der Waals surface area (Å²) in [4.78, 5) is 12.7. The van der Waals surface area contributed by atoms with Gasteiger partial charge >= 0.3 is 0 Å². The Hall–Kier alpha value is -2.83. The van der Waals surface area contributed by atoms with Crippen molar-refractivity contribution in [1.82, 2.24) is 5.32 Å². The molecule has 1 unspecified atom stereocenters. The van der Waals surface area contributed by atoms with Crippen molar-refractivity contribution in [3.63, 3.8) is 0 Å². The Kier molecular flexibility index (Phi) is 6.25. The van der Waals surface area contributed by atoms with Crippen LogP contribution in [0.4, 0.5) is 5.69 Å². The number of sulfonamides is 1. The molecule has 150 valence electrons. The molecule has 0 spiro atoms. The summed E-state index contributed by atoms with van der Waals surface area (Å²) in [5.41, 5.74) is 2.78. The zero-order chi connectivity index (χ0) is 21.0. The number of rotatable bonds is 6. The van der Waals surface area contributed by atoms with Gasteiger partial charge in [-0.3, -0.25) is 9.52 Å². The number of hydrogen-bond donors (Lipinski definition) is 2. The minimum atomic E-state index is -3.78. The molecular weight excluding hydrogens is 408 g/mol. The third-order valence-electron chi connectivity index (χ3n) is 4.50. The van der Waals surface area contributed by atoms with Gasteiger partial charge in [0.1, 0.15) is 0 Å². The number of benzene rings is 3. The number of aryl methyl sites for hydroxylation is 1. The first-order valence-electron chi connectivity index (χ1n) is 9.01. The van der Waals surface area contributed by atoms with E-state index < -0.39 is 10.0 Å². The Labute approximate surface area is 175 Å². The van der Waals surface area contributed by atoms with Crippen LogP contribution in [-0.4, -0.2) is 14.3 Å². The van der Waals surface area contributed by atoms with Gasteiger partial charge in [0.15, 0.2) is 0 Å². The molecule has 0 bridgehead atoms. The maximum absolute atomic E-state index is 12.7. The lowest BCUT2D eigenvalue weighted by Gasteiger charge is -2.17. The van der Waals surface area contributed by atoms with Crippen LogP contribution in [0, 0.1) is 6.92 Å². The number of halogens is 1. The van der Waals surface area contributed by atoms with Crippen molar-refractivity contribution in [2.75, 3.05) is 4.72 Å². The summed E-state index contributed by atoms with van der Waals surface area (Å²) < 4.78 is 27.6. The molecule has 3 aromatic rings. The predicted molar refractivity (Wildman–Crippen MR) is 116 cm³/mol. The number of carbonyl (C=O) groups excluding carboxylic acids is 1. The largest absolute Gasteiger partial charge is 0.346 e. The molecule has 1 atom stereocenters. The molecule has 29 heavy (non-hydrogen) atoms. The summed E-state index contributed by atoms with van der Waals surface area (Å²) in [6, 6.07) is 19.9. The number of amides is 1. The summed E-state index contributed by atoms with van der Waals surface area (Å²) in [5.74, 6) is -0.284. The van der Waals surface area contributed by atoms with Gasteiger partial charge in [-0.05, 0) is 67.4 Å². The molecule has 0 aromatic heterocycles. The lowest BCUT2D eigenvalue weighted by molar-refractivity contribution is 0.0940. The van der Waals surface area contributed by atoms with E-state index in [1.807, 2.05) is 38.1 Å². The van der Waals surface area contributed by atoms with Crippen molar-refractivity contribution in [2.45, 2.75) is 24.8 Å². The smallest absolute Gasteiger partial charge is 0.261 e. The van der Waals surface area contributed by atoms with E-state index in [4.69, 9.17) is 11.6 Å². The Morgan fingerprint density at radius 3 is 2.34 bits per heavy atom. The molecule has 0 aliphatic carbocycles. The van der Waals surface area contributed by atoms with Gasteiger partial charge in [0.05, 0.1) is 10.9 Å². The van der Waals surface area contributed by atoms with Crippen LogP contribution in [0.1, 0.15) is 34.5 Å². The van der Waals surface area contributed by atoms with Crippen LogP contribution in [-0.2, 0) is 10.0 Å². The van der Waals surface area contributed by atoms with Crippen molar-refractivity contribution >= 4 is 33.2 Å². The zero-order valence-electron chi connectivity index (χ0n) is 16.0. The van der Waals surface area contributed by atoms with Gasteiger partial charge < -0.3 is 5.32 Å². The summed E-state index contributed by atoms with van der Waals surface area (Å²) >= 11 is 5.81. The molecule has 5 nitrogen and oxygen atoms in total. The average Bonchev–Trinajstić information content (AvgIpc) is 2.68. The van der Waals surface area contributed by atoms with E-state index >= 15 is 0 Å². The quantitative estimate of drug-likeness (QED) is 0.583. The third-order valence-corrected chi connectivity index (χ3v) is 6.15. The average molecular weight is 429 g/mol. The first-order chi connectivity index (χ1) is 13.8. The van der Waals surface area contributed by atoms with E-state index in [-0.39, 0.29) is 16.8 Å². The van der Waals surface area contributed by atoms with E-state index in [0.717, 1.165) is 11.1 Å². The van der Waals surface area contributed by atoms with E-state index in [2.05, 4.69) is 10.0 Å². The van der Waals surface area contributed by atoms with Crippen molar-refractivity contribution < 1.29 is 13.2 Å². The lowest BCUT2D eigenvalue weighted by Crippen LogP contribution is -2.27. The van der Waals surface area contributed by atoms with Crippen LogP contribution in [0.25, 0.3) is 0 Å². The number of nitrogens with one attached hydrogen (secondary N) is 2. The highest BCUT2D eigenvalue weighted by molar-refractivity contribution is 7.92. The van der Waals surface area contributed by atoms with Gasteiger partial charge in [0.2, 0.25) is 0 Å². The van der Waals surface area contributed by atoms with Crippen LogP contribution < -0.4 is 10.0 Å². The Balaban J connectivity index is 1.76. The first-order valence-corrected chi connectivity index (χ1v) is 10.9. The molecule has 7 heteroatoms. The summed E-state index contributed by atoms with van der Waals surface area (Å²) in [6.07, 6.45) is 0. The van der Waals surface area contributed by atoms with Gasteiger partial charge in [-0.2, -0.15) is 0 Å². The third kappa shape index (κ3) is 5.16. The fraction of sp³-hybridized carbons (Fsp3) is 0.136. The molecule has 3 aromatic carbocycles. The maximum Gasteiger partial charge on any atom is 0.261 e. The molecule has 0 aliphatic heterocycles. The van der Waals surface area contributed by atoms with Crippen LogP contribution in [0.5, 0.6) is 0 Å². The minimum Gasteiger partial charge on any atom is -0.346 e. The summed E-state index contributed by atoms with van der Waals surface area (Å²) in [6.45, 7) is 3.90. The summed E-state index contributed by atoms with van der Waals surface area (Å²) in [7, 11) is -3.78. The Morgan fingerprint density at radius 2 is 1.66 bits per heavy atom. The van der Waals surface area contributed by atoms with Crippen molar-refractivity contribution in [1.29, 1.82) is 0 Å². The predicted octanol–water partition coefficient (Wildman–Crippen LogP) is 4.94. The van der Waals surface area contributed by atoms with Crippen LogP contribution in [0.2, 0.25) is 5.02 Å². The molecule has 1 amide bonds. The molecule has 3 rings (SSSR count). The minimum absolute atomic E-state index is 0.0879. The van der Waals surface area contributed by atoms with E-state index in [1.54, 1.807) is 18.2 Å². The van der Waals surface area contributed by atoms with Crippen molar-refractivity contribution in [3.05, 3.63) is 94.5 Å². The summed E-state index contributed by atoms with van der Waals surface area (Å²) in [5, 5.41) is 3.40. The highest BCUT2D eigenvalue weighted by atomic mass is 35.5. The fourth-order valence-corrected chi connectivity index (χ4v) is 4.16. The van der Waals surface area contributed by atoms with Crippen LogP contribution >= 0.6 is 11.6 Å². The highest BCUT2D eigenvalue weighted by Crippen LogP contribution is 2.21. The van der Waals surface area contributed by atoms with E-state index in [1.165, 1.54) is 30.3 Å². The monoisotopic (exact) mass is 428 g/mol. The second kappa shape index (κ2) is 8.68. The van der Waals surface area contributed by atoms with Gasteiger partial charge in [0.25, 0.3) is 15.9 Å². The van der Waals surface area contributed by atoms with E-state index in [9.17, 15) is 13.2 Å². The highest BCUT2D eigenvalue weighted by Gasteiger charge is 2.16. The van der Waals surface area contributed by atoms with Crippen LogP contribution in [0.15, 0.2) is 77.7 Å². The van der Waals surface area contributed by atoms with Gasteiger partial charge in [0, 0.05) is 16.3 Å². The maximum atomic E-state index is 12.7.